The Morgan fingerprint density at radius 1 is 1.11 bits per heavy atom. The van der Waals surface area contributed by atoms with Gasteiger partial charge in [-0.1, -0.05) is 41.9 Å². The van der Waals surface area contributed by atoms with E-state index in [0.717, 1.165) is 28.2 Å². The number of carbonyl (C=O) groups is 1. The Bertz CT molecular complexity index is 919. The minimum Gasteiger partial charge on any atom is -0.334 e. The summed E-state index contributed by atoms with van der Waals surface area (Å²) in [5.41, 5.74) is 5.01. The molecule has 6 heteroatoms. The van der Waals surface area contributed by atoms with E-state index in [1.165, 1.54) is 0 Å². The second kappa shape index (κ2) is 8.27. The van der Waals surface area contributed by atoms with E-state index in [9.17, 15) is 4.79 Å². The molecule has 0 saturated carbocycles. The number of aromatic nitrogens is 2. The van der Waals surface area contributed by atoms with E-state index in [1.54, 1.807) is 11.9 Å². The van der Waals surface area contributed by atoms with Gasteiger partial charge >= 0.3 is 6.03 Å². The number of hydrogen-bond acceptors (Lipinski definition) is 2. The van der Waals surface area contributed by atoms with Crippen molar-refractivity contribution in [3.63, 3.8) is 0 Å². The van der Waals surface area contributed by atoms with E-state index in [0.29, 0.717) is 18.1 Å². The van der Waals surface area contributed by atoms with Crippen LogP contribution < -0.4 is 5.32 Å². The number of aryl methyl sites for hydroxylation is 1. The summed E-state index contributed by atoms with van der Waals surface area (Å²) in [5, 5.41) is 8.29. The lowest BCUT2D eigenvalue weighted by molar-refractivity contribution is 0.206. The molecule has 0 fully saturated rings. The highest BCUT2D eigenvalue weighted by Gasteiger charge is 2.15. The number of nitrogens with one attached hydrogen (secondary N) is 1. The molecule has 0 aliphatic carbocycles. The normalized spacial score (nSPS) is 10.7. The van der Waals surface area contributed by atoms with Gasteiger partial charge in [0.05, 0.1) is 11.4 Å². The molecular formula is C21H23ClN4O. The van der Waals surface area contributed by atoms with Crippen LogP contribution in [0, 0.1) is 13.8 Å². The smallest absolute Gasteiger partial charge is 0.317 e. The van der Waals surface area contributed by atoms with Crippen LogP contribution in [0.3, 0.4) is 0 Å². The summed E-state index contributed by atoms with van der Waals surface area (Å²) in [6.45, 7) is 4.94. The van der Waals surface area contributed by atoms with Crippen LogP contribution in [0.2, 0.25) is 5.02 Å². The topological polar surface area (TPSA) is 50.2 Å². The van der Waals surface area contributed by atoms with E-state index in [4.69, 9.17) is 11.6 Å². The maximum absolute atomic E-state index is 12.4. The molecule has 1 aromatic heterocycles. The van der Waals surface area contributed by atoms with Gasteiger partial charge in [-0.3, -0.25) is 0 Å². The molecule has 27 heavy (non-hydrogen) atoms. The number of halogens is 1. The fourth-order valence-corrected chi connectivity index (χ4v) is 3.11. The number of nitrogens with zero attached hydrogens (tertiary/aromatic N) is 3. The Kier molecular flexibility index (Phi) is 5.81. The number of benzene rings is 2. The number of rotatable bonds is 5. The Hall–Kier alpha value is -2.79. The highest BCUT2D eigenvalue weighted by molar-refractivity contribution is 6.30. The number of urea groups is 1. The molecule has 0 bridgehead atoms. The van der Waals surface area contributed by atoms with Gasteiger partial charge in [0.1, 0.15) is 0 Å². The van der Waals surface area contributed by atoms with Crippen LogP contribution in [0.5, 0.6) is 0 Å². The lowest BCUT2D eigenvalue weighted by Crippen LogP contribution is -2.36. The van der Waals surface area contributed by atoms with Crippen molar-refractivity contribution in [3.8, 4) is 5.69 Å². The third kappa shape index (κ3) is 4.49. The van der Waals surface area contributed by atoms with Gasteiger partial charge in [-0.15, -0.1) is 0 Å². The van der Waals surface area contributed by atoms with Crippen molar-refractivity contribution in [1.82, 2.24) is 20.0 Å². The zero-order valence-electron chi connectivity index (χ0n) is 15.7. The largest absolute Gasteiger partial charge is 0.334 e. The van der Waals surface area contributed by atoms with Gasteiger partial charge in [0.25, 0.3) is 0 Å². The molecule has 1 N–H and O–H groups in total. The number of para-hydroxylation sites is 1. The van der Waals surface area contributed by atoms with Gasteiger partial charge in [-0.2, -0.15) is 5.10 Å². The van der Waals surface area contributed by atoms with Gasteiger partial charge in [-0.25, -0.2) is 9.48 Å². The van der Waals surface area contributed by atoms with Crippen LogP contribution in [-0.4, -0.2) is 27.8 Å². The Balaban J connectivity index is 1.65. The first kappa shape index (κ1) is 19.0. The highest BCUT2D eigenvalue weighted by atomic mass is 35.5. The number of carbonyl (C=O) groups excluding carboxylic acids is 1. The van der Waals surface area contributed by atoms with Crippen LogP contribution in [0.15, 0.2) is 54.6 Å². The molecule has 0 saturated heterocycles. The number of amides is 2. The first-order valence-electron chi connectivity index (χ1n) is 8.79. The maximum Gasteiger partial charge on any atom is 0.317 e. The summed E-state index contributed by atoms with van der Waals surface area (Å²) in [5.74, 6) is 0. The van der Waals surface area contributed by atoms with Crippen LogP contribution >= 0.6 is 11.6 Å². The van der Waals surface area contributed by atoms with Crippen LogP contribution in [0.25, 0.3) is 5.69 Å². The second-order valence-electron chi connectivity index (χ2n) is 6.54. The zero-order chi connectivity index (χ0) is 19.4. The van der Waals surface area contributed by atoms with Crippen LogP contribution in [0.1, 0.15) is 22.5 Å². The maximum atomic E-state index is 12.4. The fourth-order valence-electron chi connectivity index (χ4n) is 2.99. The molecule has 1 heterocycles. The predicted molar refractivity (Wildman–Crippen MR) is 108 cm³/mol. The van der Waals surface area contributed by atoms with Gasteiger partial charge in [0.15, 0.2) is 0 Å². The van der Waals surface area contributed by atoms with Crippen LogP contribution in [0.4, 0.5) is 4.79 Å². The van der Waals surface area contributed by atoms with Crippen molar-refractivity contribution in [2.75, 3.05) is 7.05 Å². The molecule has 2 aromatic carbocycles. The summed E-state index contributed by atoms with van der Waals surface area (Å²) in [7, 11) is 1.77. The van der Waals surface area contributed by atoms with E-state index in [2.05, 4.69) is 10.4 Å². The van der Waals surface area contributed by atoms with E-state index < -0.39 is 0 Å². The first-order chi connectivity index (χ1) is 13.0. The summed E-state index contributed by atoms with van der Waals surface area (Å²) >= 11 is 5.90. The third-order valence-electron chi connectivity index (χ3n) is 4.54. The highest BCUT2D eigenvalue weighted by Crippen LogP contribution is 2.18. The molecule has 2 amide bonds. The van der Waals surface area contributed by atoms with Crippen molar-refractivity contribution >= 4 is 17.6 Å². The lowest BCUT2D eigenvalue weighted by Gasteiger charge is -2.18. The first-order valence-corrected chi connectivity index (χ1v) is 9.17. The minimum absolute atomic E-state index is 0.129. The predicted octanol–water partition coefficient (Wildman–Crippen LogP) is 4.48. The Labute approximate surface area is 164 Å². The van der Waals surface area contributed by atoms with E-state index in [1.807, 2.05) is 73.1 Å². The minimum atomic E-state index is -0.129. The van der Waals surface area contributed by atoms with Crippen molar-refractivity contribution in [2.45, 2.75) is 26.9 Å². The number of hydrogen-bond donors (Lipinski definition) is 1. The summed E-state index contributed by atoms with van der Waals surface area (Å²) < 4.78 is 1.91. The molecule has 140 valence electrons. The summed E-state index contributed by atoms with van der Waals surface area (Å²) in [6, 6.07) is 17.3. The van der Waals surface area contributed by atoms with Gasteiger partial charge in [0, 0.05) is 36.4 Å². The van der Waals surface area contributed by atoms with Gasteiger partial charge in [0.2, 0.25) is 0 Å². The van der Waals surface area contributed by atoms with Crippen molar-refractivity contribution in [1.29, 1.82) is 0 Å². The monoisotopic (exact) mass is 382 g/mol. The molecule has 3 rings (SSSR count). The summed E-state index contributed by atoms with van der Waals surface area (Å²) in [6.07, 6.45) is 0. The summed E-state index contributed by atoms with van der Waals surface area (Å²) in [4.78, 5) is 14.1. The molecule has 0 radical (unpaired) electrons. The van der Waals surface area contributed by atoms with E-state index >= 15 is 0 Å². The second-order valence-corrected chi connectivity index (χ2v) is 6.97. The fraction of sp³-hybridized carbons (Fsp3) is 0.238. The lowest BCUT2D eigenvalue weighted by atomic mass is 10.2. The average Bonchev–Trinajstić information content (AvgIpc) is 2.96. The average molecular weight is 383 g/mol. The third-order valence-corrected chi connectivity index (χ3v) is 4.79. The molecule has 0 unspecified atom stereocenters. The molecule has 0 spiro atoms. The Morgan fingerprint density at radius 3 is 2.44 bits per heavy atom. The molecular weight excluding hydrogens is 360 g/mol. The molecule has 0 aliphatic heterocycles. The quantitative estimate of drug-likeness (QED) is 0.707. The van der Waals surface area contributed by atoms with Crippen LogP contribution in [-0.2, 0) is 13.1 Å². The van der Waals surface area contributed by atoms with Crippen molar-refractivity contribution in [3.05, 3.63) is 82.1 Å². The van der Waals surface area contributed by atoms with Gasteiger partial charge < -0.3 is 10.2 Å². The molecule has 3 aromatic rings. The zero-order valence-corrected chi connectivity index (χ0v) is 16.5. The Morgan fingerprint density at radius 2 is 1.78 bits per heavy atom. The molecule has 5 nitrogen and oxygen atoms in total. The van der Waals surface area contributed by atoms with E-state index in [-0.39, 0.29) is 6.03 Å². The molecule has 0 aliphatic rings. The van der Waals surface area contributed by atoms with Gasteiger partial charge in [-0.05, 0) is 43.7 Å². The SMILES string of the molecule is Cc1nn(-c2ccccc2)c(C)c1CNC(=O)N(C)Cc1ccc(Cl)cc1. The van der Waals surface area contributed by atoms with Crippen molar-refractivity contribution in [2.24, 2.45) is 0 Å². The standard InChI is InChI=1S/C21H23ClN4O/c1-15-20(16(2)26(24-15)19-7-5-4-6-8-19)13-23-21(27)25(3)14-17-9-11-18(22)12-10-17/h4-12H,13-14H2,1-3H3,(H,23,27). The molecule has 0 atom stereocenters. The van der Waals surface area contributed by atoms with Crippen molar-refractivity contribution < 1.29 is 4.79 Å².